The number of aryl methyl sites for hydroxylation is 2. The zero-order chi connectivity index (χ0) is 13.0. The van der Waals surface area contributed by atoms with Gasteiger partial charge in [0.15, 0.2) is 0 Å². The van der Waals surface area contributed by atoms with Crippen molar-refractivity contribution in [2.45, 2.75) is 20.8 Å². The fourth-order valence-electron chi connectivity index (χ4n) is 1.57. The Labute approximate surface area is 108 Å². The fraction of sp³-hybridized carbons (Fsp3) is 0.385. The second-order valence-electron chi connectivity index (χ2n) is 4.08. The molecule has 0 aromatic heterocycles. The Balaban J connectivity index is 2.93. The van der Waals surface area contributed by atoms with Crippen molar-refractivity contribution in [3.05, 3.63) is 34.9 Å². The van der Waals surface area contributed by atoms with Crippen LogP contribution in [0.5, 0.6) is 0 Å². The maximum Gasteiger partial charge on any atom is 0.254 e. The zero-order valence-electron chi connectivity index (χ0n) is 10.5. The quantitative estimate of drug-likeness (QED) is 0.832. The molecule has 92 valence electrons. The minimum atomic E-state index is -0.0246. The number of thiocarbonyl (C=S) groups is 1. The van der Waals surface area contributed by atoms with Crippen molar-refractivity contribution >= 4 is 23.1 Å². The Morgan fingerprint density at radius 3 is 2.47 bits per heavy atom. The Bertz CT molecular complexity index is 443. The highest BCUT2D eigenvalue weighted by Crippen LogP contribution is 2.12. The average Bonchev–Trinajstić information content (AvgIpc) is 2.28. The van der Waals surface area contributed by atoms with Gasteiger partial charge in [-0.25, -0.2) is 0 Å². The first kappa shape index (κ1) is 13.6. The van der Waals surface area contributed by atoms with E-state index in [0.29, 0.717) is 23.6 Å². The summed E-state index contributed by atoms with van der Waals surface area (Å²) >= 11 is 4.84. The van der Waals surface area contributed by atoms with E-state index in [0.717, 1.165) is 5.56 Å². The van der Waals surface area contributed by atoms with Crippen LogP contribution >= 0.6 is 12.2 Å². The van der Waals surface area contributed by atoms with Gasteiger partial charge in [0.1, 0.15) is 0 Å². The lowest BCUT2D eigenvalue weighted by molar-refractivity contribution is 0.0788. The summed E-state index contributed by atoms with van der Waals surface area (Å²) < 4.78 is 0. The van der Waals surface area contributed by atoms with Crippen LogP contribution in [-0.4, -0.2) is 28.9 Å². The summed E-state index contributed by atoms with van der Waals surface area (Å²) in [6.45, 7) is 6.87. The number of carbonyl (C=O) groups is 1. The van der Waals surface area contributed by atoms with Crippen LogP contribution in [0.2, 0.25) is 0 Å². The zero-order valence-corrected chi connectivity index (χ0v) is 11.3. The predicted molar refractivity (Wildman–Crippen MR) is 74.3 cm³/mol. The summed E-state index contributed by atoms with van der Waals surface area (Å²) in [5.74, 6) is -0.0246. The SMILES string of the molecule is CCN(CC(N)=S)C(=O)c1ccc(C)c(C)c1. The summed E-state index contributed by atoms with van der Waals surface area (Å²) in [7, 11) is 0. The molecule has 0 heterocycles. The number of carbonyl (C=O) groups excluding carboxylic acids is 1. The summed E-state index contributed by atoms with van der Waals surface area (Å²) in [4.78, 5) is 14.2. The molecule has 0 radical (unpaired) electrons. The number of hydrogen-bond acceptors (Lipinski definition) is 2. The molecule has 1 amide bonds. The number of hydrogen-bond donors (Lipinski definition) is 1. The molecule has 1 rings (SSSR count). The van der Waals surface area contributed by atoms with Crippen LogP contribution in [0.25, 0.3) is 0 Å². The monoisotopic (exact) mass is 250 g/mol. The summed E-state index contributed by atoms with van der Waals surface area (Å²) in [5.41, 5.74) is 8.46. The highest BCUT2D eigenvalue weighted by Gasteiger charge is 2.15. The van der Waals surface area contributed by atoms with Crippen molar-refractivity contribution < 1.29 is 4.79 Å². The minimum Gasteiger partial charge on any atom is -0.392 e. The van der Waals surface area contributed by atoms with Crippen LogP contribution in [0, 0.1) is 13.8 Å². The highest BCUT2D eigenvalue weighted by molar-refractivity contribution is 7.80. The smallest absolute Gasteiger partial charge is 0.254 e. The minimum absolute atomic E-state index is 0.0246. The number of benzene rings is 1. The van der Waals surface area contributed by atoms with Gasteiger partial charge in [-0.15, -0.1) is 0 Å². The van der Waals surface area contributed by atoms with E-state index in [4.69, 9.17) is 18.0 Å². The van der Waals surface area contributed by atoms with Gasteiger partial charge in [0.25, 0.3) is 5.91 Å². The van der Waals surface area contributed by atoms with Gasteiger partial charge in [-0.1, -0.05) is 18.3 Å². The van der Waals surface area contributed by atoms with E-state index in [1.54, 1.807) is 4.90 Å². The predicted octanol–water partition coefficient (Wildman–Crippen LogP) is 2.05. The van der Waals surface area contributed by atoms with Crippen LogP contribution in [0.4, 0.5) is 0 Å². The number of likely N-dealkylation sites (N-methyl/N-ethyl adjacent to an activating group) is 1. The third-order valence-electron chi connectivity index (χ3n) is 2.77. The molecule has 0 saturated carbocycles. The third-order valence-corrected chi connectivity index (χ3v) is 2.90. The van der Waals surface area contributed by atoms with Crippen molar-refractivity contribution in [3.8, 4) is 0 Å². The molecule has 0 spiro atoms. The van der Waals surface area contributed by atoms with Crippen LogP contribution < -0.4 is 5.73 Å². The Morgan fingerprint density at radius 2 is 2.00 bits per heavy atom. The maximum atomic E-state index is 12.2. The molecule has 3 nitrogen and oxygen atoms in total. The van der Waals surface area contributed by atoms with Gasteiger partial charge in [-0.05, 0) is 44.0 Å². The highest BCUT2D eigenvalue weighted by atomic mass is 32.1. The van der Waals surface area contributed by atoms with Gasteiger partial charge in [0.05, 0.1) is 11.5 Å². The molecule has 1 aromatic rings. The standard InChI is InChI=1S/C13H18N2OS/c1-4-15(8-12(14)17)13(16)11-6-5-9(2)10(3)7-11/h5-7H,4,8H2,1-3H3,(H2,14,17). The van der Waals surface area contributed by atoms with E-state index >= 15 is 0 Å². The van der Waals surface area contributed by atoms with Crippen LogP contribution in [-0.2, 0) is 0 Å². The molecule has 0 atom stereocenters. The maximum absolute atomic E-state index is 12.2. The lowest BCUT2D eigenvalue weighted by atomic mass is 10.1. The van der Waals surface area contributed by atoms with Gasteiger partial charge in [-0.3, -0.25) is 4.79 Å². The molecule has 0 unspecified atom stereocenters. The molecule has 4 heteroatoms. The largest absolute Gasteiger partial charge is 0.392 e. The fourth-order valence-corrected chi connectivity index (χ4v) is 1.73. The summed E-state index contributed by atoms with van der Waals surface area (Å²) in [6, 6.07) is 5.70. The van der Waals surface area contributed by atoms with Gasteiger partial charge in [0, 0.05) is 12.1 Å². The Hall–Kier alpha value is -1.42. The molecule has 0 fully saturated rings. The number of nitrogens with two attached hydrogens (primary N) is 1. The normalized spacial score (nSPS) is 10.1. The van der Waals surface area contributed by atoms with E-state index in [1.165, 1.54) is 5.56 Å². The summed E-state index contributed by atoms with van der Waals surface area (Å²) in [6.07, 6.45) is 0. The van der Waals surface area contributed by atoms with E-state index in [2.05, 4.69) is 0 Å². The van der Waals surface area contributed by atoms with Gasteiger partial charge in [-0.2, -0.15) is 0 Å². The van der Waals surface area contributed by atoms with Crippen molar-refractivity contribution in [2.75, 3.05) is 13.1 Å². The van der Waals surface area contributed by atoms with Crippen LogP contribution in [0.15, 0.2) is 18.2 Å². The van der Waals surface area contributed by atoms with Crippen molar-refractivity contribution in [2.24, 2.45) is 5.73 Å². The number of nitrogens with zero attached hydrogens (tertiary/aromatic N) is 1. The van der Waals surface area contributed by atoms with Crippen LogP contribution in [0.3, 0.4) is 0 Å². The average molecular weight is 250 g/mol. The Kier molecular flexibility index (Phi) is 4.63. The van der Waals surface area contributed by atoms with Gasteiger partial charge >= 0.3 is 0 Å². The second kappa shape index (κ2) is 5.77. The summed E-state index contributed by atoms with van der Waals surface area (Å²) in [5, 5.41) is 0. The first-order chi connectivity index (χ1) is 7.95. The molecule has 2 N–H and O–H groups in total. The topological polar surface area (TPSA) is 46.3 Å². The first-order valence-electron chi connectivity index (χ1n) is 5.60. The van der Waals surface area contributed by atoms with Crippen molar-refractivity contribution in [1.82, 2.24) is 4.90 Å². The molecular weight excluding hydrogens is 232 g/mol. The Morgan fingerprint density at radius 1 is 1.35 bits per heavy atom. The van der Waals surface area contributed by atoms with Crippen molar-refractivity contribution in [1.29, 1.82) is 0 Å². The van der Waals surface area contributed by atoms with Gasteiger partial charge < -0.3 is 10.6 Å². The molecule has 0 aliphatic heterocycles. The first-order valence-corrected chi connectivity index (χ1v) is 6.01. The number of rotatable bonds is 4. The molecule has 0 aliphatic rings. The molecule has 0 aliphatic carbocycles. The molecule has 1 aromatic carbocycles. The third kappa shape index (κ3) is 3.53. The van der Waals surface area contributed by atoms with E-state index in [9.17, 15) is 4.79 Å². The molecule has 0 saturated heterocycles. The van der Waals surface area contributed by atoms with Crippen LogP contribution in [0.1, 0.15) is 28.4 Å². The molecular formula is C13H18N2OS. The second-order valence-corrected chi connectivity index (χ2v) is 4.61. The van der Waals surface area contributed by atoms with Gasteiger partial charge in [0.2, 0.25) is 0 Å². The molecule has 0 bridgehead atoms. The van der Waals surface area contributed by atoms with E-state index in [1.807, 2.05) is 39.0 Å². The van der Waals surface area contributed by atoms with E-state index < -0.39 is 0 Å². The van der Waals surface area contributed by atoms with Crippen molar-refractivity contribution in [3.63, 3.8) is 0 Å². The van der Waals surface area contributed by atoms with E-state index in [-0.39, 0.29) is 5.91 Å². The lowest BCUT2D eigenvalue weighted by Crippen LogP contribution is -2.37. The molecule has 17 heavy (non-hydrogen) atoms. The lowest BCUT2D eigenvalue weighted by Gasteiger charge is -2.20. The number of amides is 1.